The fourth-order valence-electron chi connectivity index (χ4n) is 3.53. The predicted molar refractivity (Wildman–Crippen MR) is 123 cm³/mol. The largest absolute Gasteiger partial charge is 0.399 e. The average molecular weight is 469 g/mol. The Hall–Kier alpha value is -4.02. The van der Waals surface area contributed by atoms with E-state index in [4.69, 9.17) is 16.8 Å². The van der Waals surface area contributed by atoms with Gasteiger partial charge in [-0.25, -0.2) is 20.1 Å². The number of benzene rings is 3. The molecule has 0 aliphatic heterocycles. The Balaban J connectivity index is 1.72. The number of carbonyl (C=O) groups is 2. The zero-order valence-corrected chi connectivity index (χ0v) is 18.2. The van der Waals surface area contributed by atoms with Gasteiger partial charge in [0.05, 0.1) is 19.0 Å². The standard InChI is InChI=1S/C24H25F2N5O3/c25-21-9-8-17(11-22(21)26)24(33)29-13-18(27)14-31(28)19(12-23(32)30-34)10-16-6-3-5-15-4-1-2-7-20(15)16/h1-9,11,14,19,34H,10,12-13,27-28H2,(H,29,33)(H,30,32)/b18-14-. The van der Waals surface area contributed by atoms with Crippen LogP contribution in [0.25, 0.3) is 10.8 Å². The van der Waals surface area contributed by atoms with E-state index in [0.29, 0.717) is 6.42 Å². The molecule has 0 saturated carbocycles. The molecule has 0 spiro atoms. The monoisotopic (exact) mass is 469 g/mol. The first-order chi connectivity index (χ1) is 16.3. The van der Waals surface area contributed by atoms with E-state index in [1.54, 1.807) is 5.48 Å². The normalized spacial score (nSPS) is 12.3. The van der Waals surface area contributed by atoms with Crippen LogP contribution in [0.1, 0.15) is 22.3 Å². The summed E-state index contributed by atoms with van der Waals surface area (Å²) in [6.45, 7) is -0.126. The Labute approximate surface area is 194 Å². The van der Waals surface area contributed by atoms with Gasteiger partial charge in [0.1, 0.15) is 0 Å². The molecule has 0 heterocycles. The summed E-state index contributed by atoms with van der Waals surface area (Å²) in [4.78, 5) is 24.1. The lowest BCUT2D eigenvalue weighted by atomic mass is 9.97. The van der Waals surface area contributed by atoms with Crippen molar-refractivity contribution < 1.29 is 23.6 Å². The van der Waals surface area contributed by atoms with Gasteiger partial charge in [0, 0.05) is 17.5 Å². The highest BCUT2D eigenvalue weighted by Crippen LogP contribution is 2.21. The molecule has 0 aliphatic carbocycles. The number of fused-ring (bicyclic) bond motifs is 1. The molecule has 0 fully saturated rings. The summed E-state index contributed by atoms with van der Waals surface area (Å²) in [5, 5.41) is 14.8. The number of nitrogens with one attached hydrogen (secondary N) is 2. The smallest absolute Gasteiger partial charge is 0.251 e. The van der Waals surface area contributed by atoms with Crippen molar-refractivity contribution >= 4 is 22.6 Å². The second kappa shape index (κ2) is 11.2. The van der Waals surface area contributed by atoms with Crippen LogP contribution in [-0.4, -0.2) is 34.6 Å². The first-order valence-corrected chi connectivity index (χ1v) is 10.4. The highest BCUT2D eigenvalue weighted by molar-refractivity contribution is 5.94. The molecule has 34 heavy (non-hydrogen) atoms. The first kappa shape index (κ1) is 24.6. The molecule has 0 saturated heterocycles. The third-order valence-electron chi connectivity index (χ3n) is 5.25. The van der Waals surface area contributed by atoms with Gasteiger partial charge in [0.25, 0.3) is 5.91 Å². The van der Waals surface area contributed by atoms with Crippen LogP contribution in [0.5, 0.6) is 0 Å². The van der Waals surface area contributed by atoms with Crippen LogP contribution in [0, 0.1) is 11.6 Å². The molecule has 178 valence electrons. The van der Waals surface area contributed by atoms with Crippen molar-refractivity contribution in [2.75, 3.05) is 6.54 Å². The maximum absolute atomic E-state index is 13.3. The van der Waals surface area contributed by atoms with Crippen LogP contribution < -0.4 is 22.4 Å². The highest BCUT2D eigenvalue weighted by atomic mass is 19.2. The summed E-state index contributed by atoms with van der Waals surface area (Å²) >= 11 is 0. The molecule has 1 unspecified atom stereocenters. The summed E-state index contributed by atoms with van der Waals surface area (Å²) in [6, 6.07) is 15.8. The second-order valence-corrected chi connectivity index (χ2v) is 7.70. The van der Waals surface area contributed by atoms with E-state index in [1.165, 1.54) is 11.2 Å². The van der Waals surface area contributed by atoms with Gasteiger partial charge >= 0.3 is 0 Å². The van der Waals surface area contributed by atoms with E-state index >= 15 is 0 Å². The Morgan fingerprint density at radius 2 is 1.79 bits per heavy atom. The molecular weight excluding hydrogens is 444 g/mol. The van der Waals surface area contributed by atoms with Gasteiger partial charge in [-0.05, 0) is 41.0 Å². The van der Waals surface area contributed by atoms with Crippen molar-refractivity contribution in [1.82, 2.24) is 15.8 Å². The van der Waals surface area contributed by atoms with Gasteiger partial charge in [-0.3, -0.25) is 14.8 Å². The van der Waals surface area contributed by atoms with E-state index in [2.05, 4.69) is 5.32 Å². The molecular formula is C24H25F2N5O3. The summed E-state index contributed by atoms with van der Waals surface area (Å²) in [7, 11) is 0. The zero-order valence-electron chi connectivity index (χ0n) is 18.2. The SMILES string of the molecule is N/C(=C\N(N)C(CC(=O)NO)Cc1cccc2ccccc12)CNC(=O)c1ccc(F)c(F)c1. The van der Waals surface area contributed by atoms with E-state index < -0.39 is 29.5 Å². The number of hydroxylamine groups is 1. The minimum absolute atomic E-state index is 0.0650. The van der Waals surface area contributed by atoms with Crippen molar-refractivity contribution in [3.05, 3.63) is 95.3 Å². The Morgan fingerprint density at radius 3 is 2.53 bits per heavy atom. The van der Waals surface area contributed by atoms with Gasteiger partial charge in [0.2, 0.25) is 5.91 Å². The number of nitrogens with zero attached hydrogens (tertiary/aromatic N) is 1. The van der Waals surface area contributed by atoms with E-state index in [-0.39, 0.29) is 24.2 Å². The summed E-state index contributed by atoms with van der Waals surface area (Å²) in [6.07, 6.45) is 1.61. The summed E-state index contributed by atoms with van der Waals surface area (Å²) in [5.74, 6) is 2.71. The second-order valence-electron chi connectivity index (χ2n) is 7.70. The topological polar surface area (TPSA) is 134 Å². The molecule has 3 aromatic carbocycles. The first-order valence-electron chi connectivity index (χ1n) is 10.4. The number of rotatable bonds is 9. The number of hydrogen-bond donors (Lipinski definition) is 5. The minimum Gasteiger partial charge on any atom is -0.399 e. The Morgan fingerprint density at radius 1 is 1.06 bits per heavy atom. The van der Waals surface area contributed by atoms with Crippen LogP contribution in [0.2, 0.25) is 0 Å². The molecule has 3 aromatic rings. The van der Waals surface area contributed by atoms with Crippen molar-refractivity contribution in [3.8, 4) is 0 Å². The Kier molecular flexibility index (Phi) is 8.12. The molecule has 0 aromatic heterocycles. The number of halogens is 2. The fourth-order valence-corrected chi connectivity index (χ4v) is 3.53. The van der Waals surface area contributed by atoms with Crippen molar-refractivity contribution in [1.29, 1.82) is 0 Å². The van der Waals surface area contributed by atoms with Crippen molar-refractivity contribution in [2.45, 2.75) is 18.9 Å². The summed E-state index contributed by atoms with van der Waals surface area (Å²) < 4.78 is 26.4. The molecule has 0 aliphatic rings. The molecule has 0 bridgehead atoms. The predicted octanol–water partition coefficient (Wildman–Crippen LogP) is 2.33. The van der Waals surface area contributed by atoms with Crippen LogP contribution in [0.3, 0.4) is 0 Å². The molecule has 8 nitrogen and oxygen atoms in total. The maximum Gasteiger partial charge on any atom is 0.251 e. The molecule has 2 amide bonds. The van der Waals surface area contributed by atoms with Gasteiger partial charge in [0.15, 0.2) is 11.6 Å². The number of hydrazine groups is 1. The van der Waals surface area contributed by atoms with Gasteiger partial charge < -0.3 is 16.1 Å². The molecule has 10 heteroatoms. The van der Waals surface area contributed by atoms with Crippen LogP contribution in [0.15, 0.2) is 72.6 Å². The molecule has 3 rings (SSSR count). The van der Waals surface area contributed by atoms with E-state index in [9.17, 15) is 18.4 Å². The summed E-state index contributed by atoms with van der Waals surface area (Å²) in [5.41, 5.74) is 8.63. The zero-order chi connectivity index (χ0) is 24.7. The molecule has 1 atom stereocenters. The van der Waals surface area contributed by atoms with E-state index in [1.807, 2.05) is 42.5 Å². The molecule has 7 N–H and O–H groups in total. The van der Waals surface area contributed by atoms with Gasteiger partial charge in [-0.2, -0.15) is 0 Å². The quantitative estimate of drug-likeness (QED) is 0.186. The lowest BCUT2D eigenvalue weighted by Gasteiger charge is -2.27. The number of amides is 2. The van der Waals surface area contributed by atoms with Crippen molar-refractivity contribution in [2.24, 2.45) is 11.6 Å². The third-order valence-corrected chi connectivity index (χ3v) is 5.25. The van der Waals surface area contributed by atoms with Crippen LogP contribution >= 0.6 is 0 Å². The highest BCUT2D eigenvalue weighted by Gasteiger charge is 2.20. The van der Waals surface area contributed by atoms with E-state index in [0.717, 1.165) is 34.5 Å². The third kappa shape index (κ3) is 6.27. The fraction of sp³-hybridized carbons (Fsp3) is 0.167. The molecule has 0 radical (unpaired) electrons. The van der Waals surface area contributed by atoms with Crippen LogP contribution in [-0.2, 0) is 11.2 Å². The lowest BCUT2D eigenvalue weighted by molar-refractivity contribution is -0.130. The van der Waals surface area contributed by atoms with Gasteiger partial charge in [-0.1, -0.05) is 42.5 Å². The lowest BCUT2D eigenvalue weighted by Crippen LogP contribution is -2.42. The average Bonchev–Trinajstić information content (AvgIpc) is 2.83. The number of carbonyl (C=O) groups excluding carboxylic acids is 2. The number of hydrogen-bond acceptors (Lipinski definition) is 6. The minimum atomic E-state index is -1.14. The Bertz CT molecular complexity index is 1210. The van der Waals surface area contributed by atoms with Crippen molar-refractivity contribution in [3.63, 3.8) is 0 Å². The maximum atomic E-state index is 13.3. The van der Waals surface area contributed by atoms with Gasteiger partial charge in [-0.15, -0.1) is 0 Å². The van der Waals surface area contributed by atoms with Crippen LogP contribution in [0.4, 0.5) is 8.78 Å². The number of nitrogens with two attached hydrogens (primary N) is 2.